The Morgan fingerprint density at radius 1 is 1.35 bits per heavy atom. The second-order valence-electron chi connectivity index (χ2n) is 5.93. The minimum Gasteiger partial charge on any atom is -0.508 e. The molecule has 0 unspecified atom stereocenters. The number of aliphatic hydroxyl groups is 1. The standard InChI is InChI=1S/C15H22N2O3/c1-10(2)15(20)8-17(9-15)14(19)13(16)7-11-3-5-12(18)6-4-11/h3-6,10,13,18,20H,7-9,16H2,1-2H3/t13-/m0/s1. The zero-order valence-electron chi connectivity index (χ0n) is 11.9. The van der Waals surface area contributed by atoms with Crippen LogP contribution in [-0.4, -0.2) is 45.8 Å². The first kappa shape index (κ1) is 14.8. The molecular formula is C15H22N2O3. The molecule has 1 saturated heterocycles. The average molecular weight is 278 g/mol. The number of β-amino-alcohol motifs (C(OH)–C–C–N with tert-alkyl or cyclic N) is 1. The van der Waals surface area contributed by atoms with Crippen LogP contribution < -0.4 is 5.73 Å². The van der Waals surface area contributed by atoms with Crippen molar-refractivity contribution in [2.45, 2.75) is 31.9 Å². The van der Waals surface area contributed by atoms with Crippen LogP contribution in [0.15, 0.2) is 24.3 Å². The largest absolute Gasteiger partial charge is 0.508 e. The molecule has 4 N–H and O–H groups in total. The predicted octanol–water partition coefficient (Wildman–Crippen LogP) is 0.491. The van der Waals surface area contributed by atoms with Gasteiger partial charge in [0.25, 0.3) is 0 Å². The van der Waals surface area contributed by atoms with Crippen molar-refractivity contribution in [1.82, 2.24) is 4.90 Å². The van der Waals surface area contributed by atoms with Gasteiger partial charge in [-0.1, -0.05) is 26.0 Å². The number of benzene rings is 1. The van der Waals surface area contributed by atoms with Gasteiger partial charge in [-0.3, -0.25) is 4.79 Å². The van der Waals surface area contributed by atoms with E-state index in [1.54, 1.807) is 29.2 Å². The van der Waals surface area contributed by atoms with Crippen LogP contribution >= 0.6 is 0 Å². The van der Waals surface area contributed by atoms with Crippen molar-refractivity contribution in [3.63, 3.8) is 0 Å². The molecule has 2 rings (SSSR count). The fraction of sp³-hybridized carbons (Fsp3) is 0.533. The van der Waals surface area contributed by atoms with Crippen molar-refractivity contribution in [3.8, 4) is 5.75 Å². The number of phenols is 1. The van der Waals surface area contributed by atoms with Crippen molar-refractivity contribution in [2.24, 2.45) is 11.7 Å². The first-order valence-electron chi connectivity index (χ1n) is 6.86. The fourth-order valence-electron chi connectivity index (χ4n) is 2.34. The molecule has 0 aliphatic carbocycles. The highest BCUT2D eigenvalue weighted by Crippen LogP contribution is 2.29. The molecule has 0 saturated carbocycles. The number of phenolic OH excluding ortho intramolecular Hbond substituents is 1. The normalized spacial score (nSPS) is 18.8. The van der Waals surface area contributed by atoms with E-state index in [-0.39, 0.29) is 17.6 Å². The highest BCUT2D eigenvalue weighted by molar-refractivity contribution is 5.83. The zero-order valence-corrected chi connectivity index (χ0v) is 11.9. The van der Waals surface area contributed by atoms with Crippen LogP contribution in [0, 0.1) is 5.92 Å². The van der Waals surface area contributed by atoms with Crippen LogP contribution in [0.25, 0.3) is 0 Å². The molecule has 1 aromatic carbocycles. The maximum atomic E-state index is 12.1. The third kappa shape index (κ3) is 2.94. The Kier molecular flexibility index (Phi) is 4.01. The summed E-state index contributed by atoms with van der Waals surface area (Å²) in [6, 6.07) is 6.05. The van der Waals surface area contributed by atoms with Gasteiger partial charge < -0.3 is 20.8 Å². The summed E-state index contributed by atoms with van der Waals surface area (Å²) in [6.45, 7) is 4.59. The van der Waals surface area contributed by atoms with Gasteiger partial charge in [-0.15, -0.1) is 0 Å². The van der Waals surface area contributed by atoms with Gasteiger partial charge in [0.2, 0.25) is 5.91 Å². The molecule has 110 valence electrons. The van der Waals surface area contributed by atoms with Gasteiger partial charge >= 0.3 is 0 Å². The van der Waals surface area contributed by atoms with Gasteiger partial charge in [-0.2, -0.15) is 0 Å². The van der Waals surface area contributed by atoms with E-state index in [2.05, 4.69) is 0 Å². The Hall–Kier alpha value is -1.59. The van der Waals surface area contributed by atoms with Crippen LogP contribution in [0.2, 0.25) is 0 Å². The number of carbonyl (C=O) groups excluding carboxylic acids is 1. The lowest BCUT2D eigenvalue weighted by Crippen LogP contribution is -2.68. The minimum atomic E-state index is -0.770. The van der Waals surface area contributed by atoms with Crippen LogP contribution in [0.5, 0.6) is 5.75 Å². The summed E-state index contributed by atoms with van der Waals surface area (Å²) in [7, 11) is 0. The monoisotopic (exact) mass is 278 g/mol. The third-order valence-electron chi connectivity index (χ3n) is 4.02. The van der Waals surface area contributed by atoms with Gasteiger partial charge in [-0.05, 0) is 30.0 Å². The zero-order chi connectivity index (χ0) is 14.9. The van der Waals surface area contributed by atoms with E-state index in [0.717, 1.165) is 5.56 Å². The summed E-state index contributed by atoms with van der Waals surface area (Å²) in [5.41, 5.74) is 6.06. The van der Waals surface area contributed by atoms with Crippen molar-refractivity contribution >= 4 is 5.91 Å². The Balaban J connectivity index is 1.89. The number of hydrogen-bond acceptors (Lipinski definition) is 4. The van der Waals surface area contributed by atoms with Gasteiger partial charge in [0.1, 0.15) is 11.4 Å². The van der Waals surface area contributed by atoms with Crippen LogP contribution in [0.1, 0.15) is 19.4 Å². The van der Waals surface area contributed by atoms with E-state index < -0.39 is 11.6 Å². The molecule has 1 aliphatic heterocycles. The summed E-state index contributed by atoms with van der Waals surface area (Å²) in [4.78, 5) is 13.7. The van der Waals surface area contributed by atoms with E-state index in [1.165, 1.54) is 0 Å². The molecule has 0 bridgehead atoms. The van der Waals surface area contributed by atoms with Gasteiger partial charge in [0.15, 0.2) is 0 Å². The highest BCUT2D eigenvalue weighted by Gasteiger charge is 2.46. The quantitative estimate of drug-likeness (QED) is 0.748. The first-order chi connectivity index (χ1) is 9.32. The Labute approximate surface area is 119 Å². The molecule has 1 aliphatic rings. The molecule has 1 atom stereocenters. The smallest absolute Gasteiger partial charge is 0.240 e. The van der Waals surface area contributed by atoms with E-state index in [0.29, 0.717) is 19.5 Å². The summed E-state index contributed by atoms with van der Waals surface area (Å²) >= 11 is 0. The van der Waals surface area contributed by atoms with Crippen molar-refractivity contribution < 1.29 is 15.0 Å². The molecule has 0 spiro atoms. The Morgan fingerprint density at radius 3 is 2.40 bits per heavy atom. The summed E-state index contributed by atoms with van der Waals surface area (Å²) in [5, 5.41) is 19.4. The minimum absolute atomic E-state index is 0.125. The summed E-state index contributed by atoms with van der Waals surface area (Å²) < 4.78 is 0. The number of rotatable bonds is 4. The van der Waals surface area contributed by atoms with Gasteiger partial charge in [-0.25, -0.2) is 0 Å². The SMILES string of the molecule is CC(C)C1(O)CN(C(=O)[C@@H](N)Cc2ccc(O)cc2)C1. The summed E-state index contributed by atoms with van der Waals surface area (Å²) in [5.74, 6) is 0.182. The van der Waals surface area contributed by atoms with Crippen molar-refractivity contribution in [3.05, 3.63) is 29.8 Å². The molecule has 1 aromatic rings. The molecule has 20 heavy (non-hydrogen) atoms. The molecule has 0 aromatic heterocycles. The first-order valence-corrected chi connectivity index (χ1v) is 6.86. The van der Waals surface area contributed by atoms with Crippen LogP contribution in [0.4, 0.5) is 0 Å². The topological polar surface area (TPSA) is 86.8 Å². The molecule has 1 amide bonds. The molecule has 1 fully saturated rings. The van der Waals surface area contributed by atoms with E-state index in [4.69, 9.17) is 5.73 Å². The lowest BCUT2D eigenvalue weighted by molar-refractivity contribution is -0.165. The Bertz CT molecular complexity index is 478. The summed E-state index contributed by atoms with van der Waals surface area (Å²) in [6.07, 6.45) is 0.426. The maximum absolute atomic E-state index is 12.1. The van der Waals surface area contributed by atoms with E-state index in [1.807, 2.05) is 13.8 Å². The second-order valence-corrected chi connectivity index (χ2v) is 5.93. The number of aromatic hydroxyl groups is 1. The molecule has 0 radical (unpaired) electrons. The van der Waals surface area contributed by atoms with Gasteiger partial charge in [0, 0.05) is 0 Å². The average Bonchev–Trinajstić information content (AvgIpc) is 2.36. The van der Waals surface area contributed by atoms with Crippen molar-refractivity contribution in [1.29, 1.82) is 0 Å². The van der Waals surface area contributed by atoms with Crippen molar-refractivity contribution in [2.75, 3.05) is 13.1 Å². The van der Waals surface area contributed by atoms with Gasteiger partial charge in [0.05, 0.1) is 19.1 Å². The number of nitrogens with two attached hydrogens (primary N) is 1. The fourth-order valence-corrected chi connectivity index (χ4v) is 2.34. The van der Waals surface area contributed by atoms with Crippen LogP contribution in [0.3, 0.4) is 0 Å². The van der Waals surface area contributed by atoms with E-state index >= 15 is 0 Å². The number of hydrogen-bond donors (Lipinski definition) is 3. The molecular weight excluding hydrogens is 256 g/mol. The number of nitrogens with zero attached hydrogens (tertiary/aromatic N) is 1. The predicted molar refractivity (Wildman–Crippen MR) is 76.2 cm³/mol. The molecule has 5 nitrogen and oxygen atoms in total. The lowest BCUT2D eigenvalue weighted by atomic mass is 9.82. The highest BCUT2D eigenvalue weighted by atomic mass is 16.3. The van der Waals surface area contributed by atoms with E-state index in [9.17, 15) is 15.0 Å². The number of carbonyl (C=O) groups is 1. The number of likely N-dealkylation sites (tertiary alicyclic amines) is 1. The van der Waals surface area contributed by atoms with Crippen LogP contribution in [-0.2, 0) is 11.2 Å². The number of amides is 1. The maximum Gasteiger partial charge on any atom is 0.240 e. The molecule has 1 heterocycles. The third-order valence-corrected chi connectivity index (χ3v) is 4.02. The second kappa shape index (κ2) is 5.42. The Morgan fingerprint density at radius 2 is 1.90 bits per heavy atom. The lowest BCUT2D eigenvalue weighted by Gasteiger charge is -2.49. The molecule has 5 heteroatoms.